The maximum absolute atomic E-state index is 7.22. The zero-order valence-corrected chi connectivity index (χ0v) is 39.4. The molecule has 0 radical (unpaired) electrons. The summed E-state index contributed by atoms with van der Waals surface area (Å²) >= 11 is 0. The SMILES string of the molecule is CCCCc1ccc(N2c3cc(-c4ccccc4)ccc3B3c4c(cc5c(oc6ccccc65)c42)-c2cc(N(c4ccccc4)c4ccccc4)ccc2N3c2ccc(-c3ccccc3)cc2)c(C)c1. The lowest BCUT2D eigenvalue weighted by atomic mass is 9.43. The Morgan fingerprint density at radius 2 is 1.10 bits per heavy atom. The number of hydrogen-bond donors (Lipinski definition) is 0. The van der Waals surface area contributed by atoms with Gasteiger partial charge < -0.3 is 19.0 Å². The summed E-state index contributed by atoms with van der Waals surface area (Å²) in [6, 6.07) is 84.5. The summed E-state index contributed by atoms with van der Waals surface area (Å²) < 4.78 is 7.22. The summed E-state index contributed by atoms with van der Waals surface area (Å²) in [6.07, 6.45) is 3.38. The van der Waals surface area contributed by atoms with E-state index in [1.165, 1.54) is 49.9 Å². The van der Waals surface area contributed by atoms with Crippen LogP contribution in [0.15, 0.2) is 235 Å². The normalized spacial score (nSPS) is 12.5. The Bertz CT molecular complexity index is 3680. The van der Waals surface area contributed by atoms with Crippen molar-refractivity contribution < 1.29 is 4.42 Å². The summed E-state index contributed by atoms with van der Waals surface area (Å²) in [5.41, 5.74) is 22.9. The molecular weight excluding hydrogens is 850 g/mol. The third kappa shape index (κ3) is 6.91. The molecule has 0 aliphatic carbocycles. The Morgan fingerprint density at radius 3 is 1.79 bits per heavy atom. The molecule has 5 heteroatoms. The largest absolute Gasteiger partial charge is 0.454 e. The highest BCUT2D eigenvalue weighted by Crippen LogP contribution is 2.53. The minimum atomic E-state index is -0.205. The van der Waals surface area contributed by atoms with Crippen LogP contribution in [0.4, 0.5) is 45.5 Å². The van der Waals surface area contributed by atoms with Crippen LogP contribution in [-0.2, 0) is 6.42 Å². The molecule has 70 heavy (non-hydrogen) atoms. The van der Waals surface area contributed by atoms with Gasteiger partial charge in [-0.25, -0.2) is 0 Å². The fourth-order valence-electron chi connectivity index (χ4n) is 11.2. The molecule has 2 aliphatic rings. The van der Waals surface area contributed by atoms with E-state index < -0.39 is 0 Å². The molecule has 0 N–H and O–H groups in total. The number of anilines is 8. The second kappa shape index (κ2) is 17.2. The van der Waals surface area contributed by atoms with E-state index in [1.807, 2.05) is 0 Å². The molecule has 3 heterocycles. The molecule has 0 saturated carbocycles. The first-order valence-electron chi connectivity index (χ1n) is 24.7. The molecular formula is C65H50BN3O. The van der Waals surface area contributed by atoms with Crippen molar-refractivity contribution in [2.24, 2.45) is 0 Å². The molecule has 10 aromatic carbocycles. The number of nitrogens with zero attached hydrogens (tertiary/aromatic N) is 3. The lowest BCUT2D eigenvalue weighted by Gasteiger charge is -2.46. The van der Waals surface area contributed by atoms with Gasteiger partial charge in [0.1, 0.15) is 5.58 Å². The summed E-state index contributed by atoms with van der Waals surface area (Å²) in [6.45, 7) is 4.35. The van der Waals surface area contributed by atoms with Crippen LogP contribution < -0.4 is 25.5 Å². The molecule has 0 saturated heterocycles. The molecule has 2 aliphatic heterocycles. The van der Waals surface area contributed by atoms with E-state index >= 15 is 0 Å². The van der Waals surface area contributed by atoms with Gasteiger partial charge in [-0.15, -0.1) is 0 Å². The number of rotatable bonds is 10. The quantitative estimate of drug-likeness (QED) is 0.128. The first-order chi connectivity index (χ1) is 34.6. The molecule has 11 aromatic rings. The van der Waals surface area contributed by atoms with E-state index in [9.17, 15) is 0 Å². The van der Waals surface area contributed by atoms with Gasteiger partial charge in [-0.1, -0.05) is 165 Å². The van der Waals surface area contributed by atoms with Gasteiger partial charge in [0.25, 0.3) is 0 Å². The second-order valence-electron chi connectivity index (χ2n) is 18.8. The maximum atomic E-state index is 7.22. The molecule has 13 rings (SSSR count). The fraction of sp³-hybridized carbons (Fsp3) is 0.0769. The Morgan fingerprint density at radius 1 is 0.486 bits per heavy atom. The second-order valence-corrected chi connectivity index (χ2v) is 18.8. The number of unbranched alkanes of at least 4 members (excludes halogenated alkanes) is 1. The molecule has 0 unspecified atom stereocenters. The first-order valence-corrected chi connectivity index (χ1v) is 24.7. The molecule has 1 aromatic heterocycles. The number of benzene rings is 10. The molecule has 0 fully saturated rings. The van der Waals surface area contributed by atoms with Crippen LogP contribution in [0.25, 0.3) is 55.3 Å². The molecule has 0 atom stereocenters. The minimum absolute atomic E-state index is 0.205. The number of fused-ring (bicyclic) bond motifs is 8. The number of furan rings is 1. The average Bonchev–Trinajstić information content (AvgIpc) is 3.80. The molecule has 334 valence electrons. The molecule has 0 amide bonds. The van der Waals surface area contributed by atoms with E-state index in [2.05, 4.69) is 259 Å². The Kier molecular flexibility index (Phi) is 10.2. The number of aryl methyl sites for hydroxylation is 2. The predicted molar refractivity (Wildman–Crippen MR) is 296 cm³/mol. The molecule has 4 nitrogen and oxygen atoms in total. The van der Waals surface area contributed by atoms with E-state index in [0.29, 0.717) is 0 Å². The van der Waals surface area contributed by atoms with Crippen LogP contribution in [0.2, 0.25) is 0 Å². The number of hydrogen-bond acceptors (Lipinski definition) is 4. The summed E-state index contributed by atoms with van der Waals surface area (Å²) in [7, 11) is 0. The van der Waals surface area contributed by atoms with E-state index in [4.69, 9.17) is 4.42 Å². The monoisotopic (exact) mass is 899 g/mol. The summed E-state index contributed by atoms with van der Waals surface area (Å²) in [5, 5.41) is 2.21. The third-order valence-electron chi connectivity index (χ3n) is 14.5. The van der Waals surface area contributed by atoms with Crippen molar-refractivity contribution in [3.8, 4) is 33.4 Å². The smallest absolute Gasteiger partial charge is 0.333 e. The minimum Gasteiger partial charge on any atom is -0.454 e. The fourth-order valence-corrected chi connectivity index (χ4v) is 11.2. The summed E-state index contributed by atoms with van der Waals surface area (Å²) in [4.78, 5) is 7.52. The van der Waals surface area contributed by atoms with Gasteiger partial charge in [0.05, 0.1) is 5.69 Å². The topological polar surface area (TPSA) is 22.9 Å². The van der Waals surface area contributed by atoms with Gasteiger partial charge in [-0.05, 0) is 148 Å². The average molecular weight is 900 g/mol. The van der Waals surface area contributed by atoms with Crippen molar-refractivity contribution >= 4 is 85.2 Å². The lowest BCUT2D eigenvalue weighted by molar-refractivity contribution is 0.669. The first kappa shape index (κ1) is 41.6. The van der Waals surface area contributed by atoms with Crippen LogP contribution in [0.1, 0.15) is 30.9 Å². The van der Waals surface area contributed by atoms with E-state index in [1.54, 1.807) is 0 Å². The molecule has 0 bridgehead atoms. The highest BCUT2D eigenvalue weighted by atomic mass is 16.3. The standard InChI is InChI=1S/C65H50BN3O/c1-3-4-19-45-30-38-59(44(2)40-45)68-61-41-49(47-22-11-6-12-23-47)33-37-58(61)66-63-56(43-57-54-28-17-18-29-62(54)70-65(57)64(63)68)55-42-53(67(50-24-13-7-14-25-50)51-26-15-8-16-27-51)36-39-60(55)69(66)52-34-31-48(32-35-52)46-20-9-5-10-21-46/h5-18,20-43H,3-4,19H2,1-2H3. The third-order valence-corrected chi connectivity index (χ3v) is 14.5. The van der Waals surface area contributed by atoms with Crippen LogP contribution in [0, 0.1) is 6.92 Å². The van der Waals surface area contributed by atoms with Crippen molar-refractivity contribution in [2.75, 3.05) is 14.6 Å². The Labute approximate surface area is 410 Å². The van der Waals surface area contributed by atoms with Crippen LogP contribution in [-0.4, -0.2) is 6.85 Å². The van der Waals surface area contributed by atoms with Gasteiger partial charge in [-0.3, -0.25) is 0 Å². The van der Waals surface area contributed by atoms with Crippen molar-refractivity contribution in [2.45, 2.75) is 33.1 Å². The van der Waals surface area contributed by atoms with Crippen molar-refractivity contribution in [3.05, 3.63) is 242 Å². The highest BCUT2D eigenvalue weighted by molar-refractivity contribution is 6.94. The van der Waals surface area contributed by atoms with Crippen molar-refractivity contribution in [1.82, 2.24) is 0 Å². The van der Waals surface area contributed by atoms with E-state index in [-0.39, 0.29) is 6.85 Å². The Hall–Kier alpha value is -8.54. The highest BCUT2D eigenvalue weighted by Gasteiger charge is 2.47. The lowest BCUT2D eigenvalue weighted by Crippen LogP contribution is -2.61. The zero-order valence-electron chi connectivity index (χ0n) is 39.4. The zero-order chi connectivity index (χ0) is 46.7. The van der Waals surface area contributed by atoms with Crippen LogP contribution >= 0.6 is 0 Å². The maximum Gasteiger partial charge on any atom is 0.333 e. The summed E-state index contributed by atoms with van der Waals surface area (Å²) in [5.74, 6) is 0. The number of para-hydroxylation sites is 3. The van der Waals surface area contributed by atoms with Gasteiger partial charge in [0.15, 0.2) is 5.58 Å². The van der Waals surface area contributed by atoms with Crippen LogP contribution in [0.5, 0.6) is 0 Å². The van der Waals surface area contributed by atoms with Crippen molar-refractivity contribution in [3.63, 3.8) is 0 Å². The van der Waals surface area contributed by atoms with E-state index in [0.717, 1.165) is 92.3 Å². The van der Waals surface area contributed by atoms with Crippen LogP contribution in [0.3, 0.4) is 0 Å². The Balaban J connectivity index is 1.14. The molecule has 0 spiro atoms. The van der Waals surface area contributed by atoms with Gasteiger partial charge in [0.2, 0.25) is 0 Å². The van der Waals surface area contributed by atoms with Gasteiger partial charge in [0, 0.05) is 56.1 Å². The van der Waals surface area contributed by atoms with Crippen molar-refractivity contribution in [1.29, 1.82) is 0 Å². The van der Waals surface area contributed by atoms with Gasteiger partial charge in [-0.2, -0.15) is 0 Å². The predicted octanol–water partition coefficient (Wildman–Crippen LogP) is 16.7. The van der Waals surface area contributed by atoms with Gasteiger partial charge >= 0.3 is 6.85 Å².